The van der Waals surface area contributed by atoms with Crippen molar-refractivity contribution in [3.63, 3.8) is 0 Å². The van der Waals surface area contributed by atoms with Gasteiger partial charge in [0.1, 0.15) is 0 Å². The molecular weight excluding hydrogens is 160 g/mol. The molecule has 0 aromatic carbocycles. The first-order chi connectivity index (χ1) is 6.18. The Bertz CT molecular complexity index is 102. The number of nitrogens with zero attached hydrogens (tertiary/aromatic N) is 1. The first kappa shape index (κ1) is 12.9. The summed E-state index contributed by atoms with van der Waals surface area (Å²) in [6.07, 6.45) is 3.99. The summed E-state index contributed by atoms with van der Waals surface area (Å²) in [5.74, 6) is 0. The van der Waals surface area contributed by atoms with E-state index < -0.39 is 0 Å². The van der Waals surface area contributed by atoms with E-state index in [4.69, 9.17) is 0 Å². The van der Waals surface area contributed by atoms with Gasteiger partial charge in [0.2, 0.25) is 0 Å². The average molecular weight is 186 g/mol. The van der Waals surface area contributed by atoms with E-state index >= 15 is 0 Å². The third-order valence-corrected chi connectivity index (χ3v) is 2.48. The van der Waals surface area contributed by atoms with Crippen molar-refractivity contribution in [1.82, 2.24) is 10.2 Å². The van der Waals surface area contributed by atoms with Crippen molar-refractivity contribution in [3.05, 3.63) is 0 Å². The molecule has 0 aliphatic carbocycles. The Morgan fingerprint density at radius 1 is 1.15 bits per heavy atom. The predicted molar refractivity (Wildman–Crippen MR) is 60.2 cm³/mol. The molecule has 2 heteroatoms. The van der Waals surface area contributed by atoms with Crippen LogP contribution in [0.5, 0.6) is 0 Å². The summed E-state index contributed by atoms with van der Waals surface area (Å²) in [6.45, 7) is 10.2. The zero-order chi connectivity index (χ0) is 10.1. The zero-order valence-corrected chi connectivity index (χ0v) is 9.77. The SMILES string of the molecule is CCCCCNCCN(C)C(C)C. The molecule has 0 saturated heterocycles. The Kier molecular flexibility index (Phi) is 8.46. The van der Waals surface area contributed by atoms with E-state index in [1.807, 2.05) is 0 Å². The second-order valence-electron chi connectivity index (χ2n) is 4.03. The fourth-order valence-electron chi connectivity index (χ4n) is 1.14. The van der Waals surface area contributed by atoms with Gasteiger partial charge in [-0.05, 0) is 33.9 Å². The number of likely N-dealkylation sites (N-methyl/N-ethyl adjacent to an activating group) is 1. The van der Waals surface area contributed by atoms with Crippen LogP contribution in [-0.2, 0) is 0 Å². The third kappa shape index (κ3) is 8.26. The van der Waals surface area contributed by atoms with Crippen LogP contribution in [0.3, 0.4) is 0 Å². The highest BCUT2D eigenvalue weighted by Crippen LogP contribution is 1.92. The van der Waals surface area contributed by atoms with Crippen LogP contribution in [0.1, 0.15) is 40.0 Å². The molecule has 0 aromatic heterocycles. The van der Waals surface area contributed by atoms with Gasteiger partial charge in [0.25, 0.3) is 0 Å². The minimum absolute atomic E-state index is 0.664. The lowest BCUT2D eigenvalue weighted by molar-refractivity contribution is 0.273. The molecule has 0 aliphatic rings. The van der Waals surface area contributed by atoms with Crippen molar-refractivity contribution in [3.8, 4) is 0 Å². The third-order valence-electron chi connectivity index (χ3n) is 2.48. The van der Waals surface area contributed by atoms with Crippen LogP contribution in [-0.4, -0.2) is 37.6 Å². The van der Waals surface area contributed by atoms with Crippen molar-refractivity contribution in [2.24, 2.45) is 0 Å². The van der Waals surface area contributed by atoms with Gasteiger partial charge in [-0.1, -0.05) is 19.8 Å². The van der Waals surface area contributed by atoms with E-state index in [0.29, 0.717) is 6.04 Å². The maximum absolute atomic E-state index is 3.46. The van der Waals surface area contributed by atoms with Crippen LogP contribution in [0.15, 0.2) is 0 Å². The largest absolute Gasteiger partial charge is 0.315 e. The topological polar surface area (TPSA) is 15.3 Å². The first-order valence-corrected chi connectivity index (χ1v) is 5.59. The highest BCUT2D eigenvalue weighted by Gasteiger charge is 2.00. The van der Waals surface area contributed by atoms with Gasteiger partial charge < -0.3 is 10.2 Å². The van der Waals surface area contributed by atoms with Gasteiger partial charge in [0.15, 0.2) is 0 Å². The number of rotatable bonds is 8. The molecule has 0 atom stereocenters. The molecule has 0 aromatic rings. The summed E-state index contributed by atoms with van der Waals surface area (Å²) >= 11 is 0. The molecule has 0 unspecified atom stereocenters. The Hall–Kier alpha value is -0.0800. The van der Waals surface area contributed by atoms with E-state index in [9.17, 15) is 0 Å². The smallest absolute Gasteiger partial charge is 0.0106 e. The van der Waals surface area contributed by atoms with Gasteiger partial charge in [-0.2, -0.15) is 0 Å². The monoisotopic (exact) mass is 186 g/mol. The molecule has 2 nitrogen and oxygen atoms in total. The van der Waals surface area contributed by atoms with Crippen molar-refractivity contribution in [2.75, 3.05) is 26.7 Å². The van der Waals surface area contributed by atoms with Crippen LogP contribution < -0.4 is 5.32 Å². The fraction of sp³-hybridized carbons (Fsp3) is 1.00. The van der Waals surface area contributed by atoms with E-state index in [-0.39, 0.29) is 0 Å². The zero-order valence-electron chi connectivity index (χ0n) is 9.77. The highest BCUT2D eigenvalue weighted by atomic mass is 15.1. The molecule has 0 rings (SSSR count). The number of unbranched alkanes of at least 4 members (excludes halogenated alkanes) is 2. The van der Waals surface area contributed by atoms with Crippen molar-refractivity contribution < 1.29 is 0 Å². The van der Waals surface area contributed by atoms with Crippen molar-refractivity contribution in [1.29, 1.82) is 0 Å². The fourth-order valence-corrected chi connectivity index (χ4v) is 1.14. The molecule has 80 valence electrons. The summed E-state index contributed by atoms with van der Waals surface area (Å²) < 4.78 is 0. The van der Waals surface area contributed by atoms with E-state index in [1.165, 1.54) is 25.8 Å². The molecule has 13 heavy (non-hydrogen) atoms. The Labute approximate surface area is 83.7 Å². The minimum atomic E-state index is 0.664. The molecule has 1 N–H and O–H groups in total. The molecule has 0 heterocycles. The van der Waals surface area contributed by atoms with Crippen LogP contribution in [0.25, 0.3) is 0 Å². The predicted octanol–water partition coefficient (Wildman–Crippen LogP) is 2.11. The Morgan fingerprint density at radius 3 is 2.38 bits per heavy atom. The van der Waals surface area contributed by atoms with Crippen molar-refractivity contribution in [2.45, 2.75) is 46.1 Å². The Balaban J connectivity index is 3.07. The van der Waals surface area contributed by atoms with Crippen LogP contribution in [0.4, 0.5) is 0 Å². The lowest BCUT2D eigenvalue weighted by Gasteiger charge is -2.20. The lowest BCUT2D eigenvalue weighted by atomic mass is 10.2. The van der Waals surface area contributed by atoms with Gasteiger partial charge in [0.05, 0.1) is 0 Å². The van der Waals surface area contributed by atoms with Crippen molar-refractivity contribution >= 4 is 0 Å². The second-order valence-corrected chi connectivity index (χ2v) is 4.03. The van der Waals surface area contributed by atoms with Gasteiger partial charge in [-0.15, -0.1) is 0 Å². The summed E-state index contributed by atoms with van der Waals surface area (Å²) in [6, 6.07) is 0.664. The van der Waals surface area contributed by atoms with Crippen LogP contribution >= 0.6 is 0 Å². The normalized spacial score (nSPS) is 11.5. The quantitative estimate of drug-likeness (QED) is 0.584. The Morgan fingerprint density at radius 2 is 1.85 bits per heavy atom. The molecule has 0 spiro atoms. The molecule has 0 radical (unpaired) electrons. The molecule has 0 saturated carbocycles. The van der Waals surface area contributed by atoms with Crippen LogP contribution in [0, 0.1) is 0 Å². The lowest BCUT2D eigenvalue weighted by Crippen LogP contribution is -2.34. The number of nitrogens with one attached hydrogen (secondary N) is 1. The van der Waals surface area contributed by atoms with E-state index in [2.05, 4.69) is 38.0 Å². The molecule has 0 aliphatic heterocycles. The first-order valence-electron chi connectivity index (χ1n) is 5.59. The molecule has 0 bridgehead atoms. The van der Waals surface area contributed by atoms with E-state index in [0.717, 1.165) is 13.1 Å². The minimum Gasteiger partial charge on any atom is -0.315 e. The second kappa shape index (κ2) is 8.52. The molecule has 0 fully saturated rings. The van der Waals surface area contributed by atoms with Gasteiger partial charge in [-0.25, -0.2) is 0 Å². The maximum Gasteiger partial charge on any atom is 0.0106 e. The number of hydrogen-bond acceptors (Lipinski definition) is 2. The van der Waals surface area contributed by atoms with Crippen LogP contribution in [0.2, 0.25) is 0 Å². The summed E-state index contributed by atoms with van der Waals surface area (Å²) in [7, 11) is 2.18. The standard InChI is InChI=1S/C11H26N2/c1-5-6-7-8-12-9-10-13(4)11(2)3/h11-12H,5-10H2,1-4H3. The molecule has 0 amide bonds. The highest BCUT2D eigenvalue weighted by molar-refractivity contribution is 4.58. The average Bonchev–Trinajstić information content (AvgIpc) is 2.10. The van der Waals surface area contributed by atoms with E-state index in [1.54, 1.807) is 0 Å². The van der Waals surface area contributed by atoms with Gasteiger partial charge >= 0.3 is 0 Å². The summed E-state index contributed by atoms with van der Waals surface area (Å²) in [5.41, 5.74) is 0. The molecular formula is C11H26N2. The maximum atomic E-state index is 3.46. The van der Waals surface area contributed by atoms with Gasteiger partial charge in [-0.3, -0.25) is 0 Å². The summed E-state index contributed by atoms with van der Waals surface area (Å²) in [4.78, 5) is 2.37. The summed E-state index contributed by atoms with van der Waals surface area (Å²) in [5, 5.41) is 3.46. The van der Waals surface area contributed by atoms with Gasteiger partial charge in [0, 0.05) is 19.1 Å². The number of hydrogen-bond donors (Lipinski definition) is 1.